The van der Waals surface area contributed by atoms with Crippen LogP contribution in [-0.2, 0) is 22.5 Å². The Bertz CT molecular complexity index is 1250. The fourth-order valence-electron chi connectivity index (χ4n) is 4.37. The van der Waals surface area contributed by atoms with Crippen LogP contribution in [0.15, 0.2) is 23.4 Å². The number of carbonyl (C=O) groups is 1. The zero-order valence-electron chi connectivity index (χ0n) is 18.0. The molecule has 1 amide bonds. The zero-order chi connectivity index (χ0) is 25.3. The van der Waals surface area contributed by atoms with Gasteiger partial charge in [0.1, 0.15) is 22.5 Å². The zero-order valence-corrected chi connectivity index (χ0v) is 18.9. The first kappa shape index (κ1) is 24.5. The number of nitrogens with zero attached hydrogens (tertiary/aromatic N) is 3. The first-order chi connectivity index (χ1) is 15.5. The minimum atomic E-state index is -5.06. The molecule has 14 heteroatoms. The summed E-state index contributed by atoms with van der Waals surface area (Å²) < 4.78 is 103. The predicted octanol–water partition coefficient (Wildman–Crippen LogP) is 4.85. The van der Waals surface area contributed by atoms with Crippen molar-refractivity contribution in [3.63, 3.8) is 0 Å². The summed E-state index contributed by atoms with van der Waals surface area (Å²) in [5, 5.41) is 5.94. The van der Waals surface area contributed by atoms with Gasteiger partial charge in [-0.25, -0.2) is 27.1 Å². The van der Waals surface area contributed by atoms with Gasteiger partial charge < -0.3 is 5.32 Å². The highest BCUT2D eigenvalue weighted by Crippen LogP contribution is 2.54. The fraction of sp³-hybridized carbons (Fsp3) is 0.550. The van der Waals surface area contributed by atoms with Crippen LogP contribution in [0, 0.1) is 10.2 Å². The molecule has 7 nitrogen and oxygen atoms in total. The van der Waals surface area contributed by atoms with Crippen LogP contribution in [0.4, 0.5) is 32.0 Å². The molecular formula is C20H21F6N5O2S. The molecule has 3 atom stereocenters. The molecule has 2 heterocycles. The largest absolute Gasteiger partial charge is 0.420 e. The molecule has 4 rings (SSSR count). The average molecular weight is 509 g/mol. The van der Waals surface area contributed by atoms with Gasteiger partial charge in [0.2, 0.25) is 5.92 Å². The standard InChI is InChI=1S/C20H21F6N5O2S/c1-18(7-19(22,23)8-18)9-31-16(14(20(24,25)26)15(30-31)11-6-12(11)21)17(32)29-10-3-4-28-13(5-10)34(2,27)33/h3-5,11-12,27H,6-9H2,1-2H3,(H,28,29,32). The summed E-state index contributed by atoms with van der Waals surface area (Å²) in [5.74, 6) is -5.35. The van der Waals surface area contributed by atoms with Gasteiger partial charge in [-0.15, -0.1) is 0 Å². The Morgan fingerprint density at radius 3 is 2.47 bits per heavy atom. The third kappa shape index (κ3) is 4.77. The fourth-order valence-corrected chi connectivity index (χ4v) is 4.99. The Hall–Kier alpha value is -2.64. The summed E-state index contributed by atoms with van der Waals surface area (Å²) in [6.45, 7) is 1.06. The average Bonchev–Trinajstić information content (AvgIpc) is 3.24. The molecule has 2 aromatic rings. The Morgan fingerprint density at radius 2 is 1.97 bits per heavy atom. The van der Waals surface area contributed by atoms with Gasteiger partial charge in [-0.3, -0.25) is 9.48 Å². The number of alkyl halides is 6. The lowest BCUT2D eigenvalue weighted by Gasteiger charge is -2.44. The molecule has 0 radical (unpaired) electrons. The van der Waals surface area contributed by atoms with E-state index >= 15 is 0 Å². The van der Waals surface area contributed by atoms with Gasteiger partial charge in [-0.05, 0) is 24.0 Å². The maximum atomic E-state index is 14.1. The molecule has 0 aromatic carbocycles. The maximum Gasteiger partial charge on any atom is 0.420 e. The lowest BCUT2D eigenvalue weighted by molar-refractivity contribution is -0.160. The number of hydrogen-bond acceptors (Lipinski definition) is 5. The summed E-state index contributed by atoms with van der Waals surface area (Å²) in [5.41, 5.74) is -4.13. The smallest absolute Gasteiger partial charge is 0.320 e. The molecule has 0 saturated heterocycles. The third-order valence-electron chi connectivity index (χ3n) is 5.84. The number of rotatable bonds is 6. The third-order valence-corrected chi connectivity index (χ3v) is 6.86. The van der Waals surface area contributed by atoms with Crippen LogP contribution >= 0.6 is 0 Å². The highest BCUT2D eigenvalue weighted by molar-refractivity contribution is 7.91. The van der Waals surface area contributed by atoms with Crippen molar-refractivity contribution in [3.05, 3.63) is 35.3 Å². The van der Waals surface area contributed by atoms with Crippen molar-refractivity contribution in [1.29, 1.82) is 4.78 Å². The first-order valence-corrected chi connectivity index (χ1v) is 12.2. The molecule has 0 aliphatic heterocycles. The van der Waals surface area contributed by atoms with Crippen LogP contribution in [0.5, 0.6) is 0 Å². The van der Waals surface area contributed by atoms with E-state index < -0.39 is 81.6 Å². The molecule has 2 aliphatic carbocycles. The van der Waals surface area contributed by atoms with E-state index in [9.17, 15) is 35.3 Å². The quantitative estimate of drug-likeness (QED) is 0.544. The highest BCUT2D eigenvalue weighted by atomic mass is 32.2. The number of hydrogen-bond donors (Lipinski definition) is 2. The molecular weight excluding hydrogens is 488 g/mol. The molecule has 34 heavy (non-hydrogen) atoms. The van der Waals surface area contributed by atoms with Gasteiger partial charge in [0.25, 0.3) is 5.91 Å². The summed E-state index contributed by atoms with van der Waals surface area (Å²) in [6, 6.07) is 2.32. The molecule has 0 spiro atoms. The van der Waals surface area contributed by atoms with E-state index in [2.05, 4.69) is 15.4 Å². The molecule has 2 fully saturated rings. The first-order valence-electron chi connectivity index (χ1n) is 10.2. The Morgan fingerprint density at radius 1 is 1.35 bits per heavy atom. The number of aromatic nitrogens is 3. The number of amides is 1. The lowest BCUT2D eigenvalue weighted by atomic mass is 9.67. The topological polar surface area (TPSA) is 101 Å². The van der Waals surface area contributed by atoms with Crippen LogP contribution in [-0.4, -0.2) is 43.2 Å². The Labute approximate surface area is 190 Å². The van der Waals surface area contributed by atoms with Crippen LogP contribution in [0.2, 0.25) is 0 Å². The number of carbonyl (C=O) groups excluding carboxylic acids is 1. The number of anilines is 1. The minimum absolute atomic E-state index is 0.0737. The van der Waals surface area contributed by atoms with Crippen LogP contribution < -0.4 is 5.32 Å². The minimum Gasteiger partial charge on any atom is -0.320 e. The monoisotopic (exact) mass is 509 g/mol. The van der Waals surface area contributed by atoms with Crippen molar-refractivity contribution in [2.45, 2.75) is 61.9 Å². The number of pyridine rings is 1. The van der Waals surface area contributed by atoms with Gasteiger partial charge in [-0.1, -0.05) is 6.92 Å². The van der Waals surface area contributed by atoms with E-state index in [1.807, 2.05) is 0 Å². The van der Waals surface area contributed by atoms with Gasteiger partial charge in [-0.2, -0.15) is 18.3 Å². The molecule has 2 N–H and O–H groups in total. The van der Waals surface area contributed by atoms with Crippen LogP contribution in [0.25, 0.3) is 0 Å². The maximum absolute atomic E-state index is 14.1. The van der Waals surface area contributed by atoms with Crippen molar-refractivity contribution in [2.24, 2.45) is 5.41 Å². The summed E-state index contributed by atoms with van der Waals surface area (Å²) in [7, 11) is -3.27. The van der Waals surface area contributed by atoms with Gasteiger partial charge in [0.05, 0.1) is 15.4 Å². The molecule has 2 aromatic heterocycles. The normalized spacial score (nSPS) is 24.7. The van der Waals surface area contributed by atoms with Crippen LogP contribution in [0.1, 0.15) is 53.8 Å². The predicted molar refractivity (Wildman–Crippen MR) is 109 cm³/mol. The summed E-state index contributed by atoms with van der Waals surface area (Å²) in [6.07, 6.45) is -5.74. The summed E-state index contributed by atoms with van der Waals surface area (Å²) >= 11 is 0. The summed E-state index contributed by atoms with van der Waals surface area (Å²) in [4.78, 5) is 16.8. The van der Waals surface area contributed by atoms with E-state index in [1.165, 1.54) is 13.0 Å². The molecule has 2 aliphatic rings. The highest BCUT2D eigenvalue weighted by Gasteiger charge is 2.55. The van der Waals surface area contributed by atoms with Gasteiger partial charge in [0.15, 0.2) is 0 Å². The van der Waals surface area contributed by atoms with Gasteiger partial charge in [0, 0.05) is 43.4 Å². The SMILES string of the molecule is CC1(Cn2nc(C3CC3F)c(C(F)(F)F)c2C(=O)Nc2ccnc(S(C)(=N)=O)c2)CC(F)(F)C1. The van der Waals surface area contributed by atoms with Crippen molar-refractivity contribution in [1.82, 2.24) is 14.8 Å². The second-order valence-electron chi connectivity index (χ2n) is 9.32. The van der Waals surface area contributed by atoms with Gasteiger partial charge >= 0.3 is 6.18 Å². The van der Waals surface area contributed by atoms with Crippen molar-refractivity contribution in [3.8, 4) is 0 Å². The van der Waals surface area contributed by atoms with Crippen molar-refractivity contribution in [2.75, 3.05) is 11.6 Å². The van der Waals surface area contributed by atoms with Crippen molar-refractivity contribution >= 4 is 21.3 Å². The van der Waals surface area contributed by atoms with Crippen LogP contribution in [0.3, 0.4) is 0 Å². The van der Waals surface area contributed by atoms with E-state index in [0.29, 0.717) is 0 Å². The molecule has 186 valence electrons. The number of halogens is 6. The van der Waals surface area contributed by atoms with Crippen molar-refractivity contribution < 1.29 is 35.3 Å². The lowest BCUT2D eigenvalue weighted by Crippen LogP contribution is -2.47. The van der Waals surface area contributed by atoms with E-state index in [-0.39, 0.29) is 17.1 Å². The molecule has 2 saturated carbocycles. The Balaban J connectivity index is 1.76. The van der Waals surface area contributed by atoms with E-state index in [1.54, 1.807) is 0 Å². The van der Waals surface area contributed by atoms with E-state index in [0.717, 1.165) is 23.2 Å². The van der Waals surface area contributed by atoms with E-state index in [4.69, 9.17) is 4.78 Å². The second kappa shape index (κ2) is 7.68. The molecule has 0 bridgehead atoms. The second-order valence-corrected chi connectivity index (χ2v) is 11.4. The molecule has 3 unspecified atom stereocenters. The number of nitrogens with one attached hydrogen (secondary N) is 2. The Kier molecular flexibility index (Phi) is 5.53.